The molecule has 31 heavy (non-hydrogen) atoms. The molecule has 0 unspecified atom stereocenters. The number of anilines is 2. The lowest BCUT2D eigenvalue weighted by Crippen LogP contribution is -2.38. The number of likely N-dealkylation sites (tertiary alicyclic amines) is 1. The zero-order chi connectivity index (χ0) is 21.4. The molecule has 1 amide bonds. The Morgan fingerprint density at radius 2 is 1.84 bits per heavy atom. The summed E-state index contributed by atoms with van der Waals surface area (Å²) in [6.45, 7) is 1.66. The van der Waals surface area contributed by atoms with Gasteiger partial charge in [-0.2, -0.15) is 4.98 Å². The molecule has 2 fully saturated rings. The van der Waals surface area contributed by atoms with Crippen LogP contribution in [0.25, 0.3) is 11.0 Å². The van der Waals surface area contributed by atoms with Gasteiger partial charge in [-0.3, -0.25) is 4.79 Å². The minimum atomic E-state index is -0.784. The molecule has 5 rings (SSSR count). The number of nitrogens with one attached hydrogen (secondary N) is 1. The molecule has 160 valence electrons. The maximum absolute atomic E-state index is 12.3. The summed E-state index contributed by atoms with van der Waals surface area (Å²) in [5.41, 5.74) is 1.43. The first-order chi connectivity index (χ1) is 15.1. The molecule has 1 saturated heterocycles. The third-order valence-electron chi connectivity index (χ3n) is 6.28. The molecule has 2 aliphatic rings. The van der Waals surface area contributed by atoms with Gasteiger partial charge in [-0.25, -0.2) is 9.78 Å². The average molecular weight is 419 g/mol. The Morgan fingerprint density at radius 1 is 1.10 bits per heavy atom. The van der Waals surface area contributed by atoms with Crippen molar-refractivity contribution in [1.82, 2.24) is 19.6 Å². The van der Waals surface area contributed by atoms with Gasteiger partial charge in [0.05, 0.1) is 5.39 Å². The zero-order valence-electron chi connectivity index (χ0n) is 17.2. The number of benzene rings is 1. The molecular weight excluding hydrogens is 394 g/mol. The summed E-state index contributed by atoms with van der Waals surface area (Å²) < 4.78 is 0.450. The van der Waals surface area contributed by atoms with Gasteiger partial charge in [0.1, 0.15) is 5.82 Å². The van der Waals surface area contributed by atoms with E-state index in [1.165, 1.54) is 24.6 Å². The van der Waals surface area contributed by atoms with Crippen LogP contribution in [0.5, 0.6) is 0 Å². The van der Waals surface area contributed by atoms with E-state index >= 15 is 0 Å². The fourth-order valence-electron chi connectivity index (χ4n) is 4.28. The molecule has 3 heterocycles. The largest absolute Gasteiger partial charge is 0.422 e. The van der Waals surface area contributed by atoms with E-state index in [1.54, 1.807) is 12.1 Å². The number of carbonyl (C=O) groups is 1. The summed E-state index contributed by atoms with van der Waals surface area (Å²) in [6.07, 6.45) is 6.63. The van der Waals surface area contributed by atoms with Crippen molar-refractivity contribution in [2.45, 2.75) is 38.0 Å². The lowest BCUT2D eigenvalue weighted by molar-refractivity contribution is -0.132. The first-order valence-corrected chi connectivity index (χ1v) is 10.8. The quantitative estimate of drug-likeness (QED) is 0.616. The monoisotopic (exact) mass is 419 g/mol. The van der Waals surface area contributed by atoms with Crippen LogP contribution >= 0.6 is 0 Å². The third kappa shape index (κ3) is 4.10. The number of aromatic nitrogens is 3. The first kappa shape index (κ1) is 19.5. The maximum atomic E-state index is 12.3. The predicted octanol–water partition coefficient (Wildman–Crippen LogP) is 3.28. The lowest BCUT2D eigenvalue weighted by Gasteiger charge is -2.32. The van der Waals surface area contributed by atoms with E-state index in [0.29, 0.717) is 33.7 Å². The van der Waals surface area contributed by atoms with Crippen LogP contribution in [0.15, 0.2) is 47.4 Å². The Labute approximate surface area is 179 Å². The minimum Gasteiger partial charge on any atom is -0.422 e. The van der Waals surface area contributed by atoms with E-state index in [1.807, 2.05) is 17.0 Å². The standard InChI is InChI=1S/C23H25N5O3/c29-20(14-15-3-4-15)27-12-9-17(10-13-27)16-5-7-18(8-6-16)25-21-19-2-1-11-24-22(19)28(31)23(30)26-21/h1-2,5-8,11,15,17,31H,3-4,9-10,12-14H2,(H,25,26,30). The SMILES string of the molecule is O=C(CC1CC1)N1CCC(c2ccc(Nc3nc(=O)n(O)c4ncccc34)cc2)CC1. The van der Waals surface area contributed by atoms with Crippen molar-refractivity contribution < 1.29 is 10.0 Å². The molecule has 0 bridgehead atoms. The van der Waals surface area contributed by atoms with Crippen LogP contribution in [-0.2, 0) is 4.79 Å². The molecular formula is C23H25N5O3. The average Bonchev–Trinajstić information content (AvgIpc) is 3.62. The van der Waals surface area contributed by atoms with Crippen molar-refractivity contribution in [3.63, 3.8) is 0 Å². The number of hydrogen-bond acceptors (Lipinski definition) is 6. The summed E-state index contributed by atoms with van der Waals surface area (Å²) in [7, 11) is 0. The van der Waals surface area contributed by atoms with E-state index in [9.17, 15) is 14.8 Å². The van der Waals surface area contributed by atoms with Gasteiger partial charge < -0.3 is 15.4 Å². The van der Waals surface area contributed by atoms with Crippen LogP contribution in [0.2, 0.25) is 0 Å². The molecule has 3 aromatic rings. The van der Waals surface area contributed by atoms with Crippen LogP contribution in [0.3, 0.4) is 0 Å². The van der Waals surface area contributed by atoms with Crippen molar-refractivity contribution in [1.29, 1.82) is 0 Å². The van der Waals surface area contributed by atoms with E-state index in [4.69, 9.17) is 0 Å². The summed E-state index contributed by atoms with van der Waals surface area (Å²) in [6, 6.07) is 11.6. The van der Waals surface area contributed by atoms with Gasteiger partial charge in [-0.15, -0.1) is 4.73 Å². The van der Waals surface area contributed by atoms with Gasteiger partial charge in [-0.05, 0) is 67.3 Å². The van der Waals surface area contributed by atoms with Crippen molar-refractivity contribution >= 4 is 28.4 Å². The number of fused-ring (bicyclic) bond motifs is 1. The summed E-state index contributed by atoms with van der Waals surface area (Å²) in [4.78, 5) is 34.3. The van der Waals surface area contributed by atoms with Crippen molar-refractivity contribution in [3.05, 3.63) is 58.6 Å². The molecule has 8 heteroatoms. The van der Waals surface area contributed by atoms with E-state index in [2.05, 4.69) is 27.4 Å². The normalized spacial score (nSPS) is 17.1. The Bertz CT molecular complexity index is 1160. The number of carbonyl (C=O) groups excluding carboxylic acids is 1. The second kappa shape index (κ2) is 8.02. The fraction of sp³-hybridized carbons (Fsp3) is 0.391. The van der Waals surface area contributed by atoms with Crippen LogP contribution in [0, 0.1) is 5.92 Å². The highest BCUT2D eigenvalue weighted by molar-refractivity contribution is 5.88. The van der Waals surface area contributed by atoms with Crippen LogP contribution in [0.1, 0.15) is 43.6 Å². The van der Waals surface area contributed by atoms with Gasteiger partial charge in [0.2, 0.25) is 5.91 Å². The van der Waals surface area contributed by atoms with Gasteiger partial charge >= 0.3 is 5.69 Å². The highest BCUT2D eigenvalue weighted by Gasteiger charge is 2.29. The van der Waals surface area contributed by atoms with Crippen molar-refractivity contribution in [2.24, 2.45) is 5.92 Å². The number of piperidine rings is 1. The van der Waals surface area contributed by atoms with E-state index in [0.717, 1.165) is 38.0 Å². The molecule has 1 aliphatic carbocycles. The van der Waals surface area contributed by atoms with E-state index < -0.39 is 5.69 Å². The molecule has 1 saturated carbocycles. The fourth-order valence-corrected chi connectivity index (χ4v) is 4.28. The van der Waals surface area contributed by atoms with Gasteiger partial charge in [0.25, 0.3) is 0 Å². The molecule has 8 nitrogen and oxygen atoms in total. The molecule has 2 aromatic heterocycles. The topological polar surface area (TPSA) is 100 Å². The second-order valence-electron chi connectivity index (χ2n) is 8.48. The summed E-state index contributed by atoms with van der Waals surface area (Å²) >= 11 is 0. The Hall–Kier alpha value is -3.42. The first-order valence-electron chi connectivity index (χ1n) is 10.8. The Kier molecular flexibility index (Phi) is 5.05. The lowest BCUT2D eigenvalue weighted by atomic mass is 9.89. The number of hydrogen-bond donors (Lipinski definition) is 2. The Morgan fingerprint density at radius 3 is 2.55 bits per heavy atom. The highest BCUT2D eigenvalue weighted by atomic mass is 16.5. The van der Waals surface area contributed by atoms with Crippen molar-refractivity contribution in [2.75, 3.05) is 18.4 Å². The third-order valence-corrected chi connectivity index (χ3v) is 6.28. The predicted molar refractivity (Wildman–Crippen MR) is 117 cm³/mol. The van der Waals surface area contributed by atoms with Crippen LogP contribution in [-0.4, -0.2) is 43.8 Å². The molecule has 0 spiro atoms. The molecule has 1 aromatic carbocycles. The van der Waals surface area contributed by atoms with Gasteiger partial charge in [-0.1, -0.05) is 12.1 Å². The summed E-state index contributed by atoms with van der Waals surface area (Å²) in [5, 5.41) is 13.6. The number of rotatable bonds is 5. The number of amides is 1. The minimum absolute atomic E-state index is 0.157. The summed E-state index contributed by atoms with van der Waals surface area (Å²) in [5.74, 6) is 1.76. The Balaban J connectivity index is 1.26. The van der Waals surface area contributed by atoms with Gasteiger partial charge in [0, 0.05) is 31.4 Å². The van der Waals surface area contributed by atoms with Gasteiger partial charge in [0.15, 0.2) is 5.65 Å². The molecule has 2 N–H and O–H groups in total. The van der Waals surface area contributed by atoms with Crippen molar-refractivity contribution in [3.8, 4) is 0 Å². The zero-order valence-corrected chi connectivity index (χ0v) is 17.2. The number of nitrogens with zero attached hydrogens (tertiary/aromatic N) is 4. The van der Waals surface area contributed by atoms with E-state index in [-0.39, 0.29) is 5.65 Å². The molecule has 0 atom stereocenters. The molecule has 1 aliphatic heterocycles. The second-order valence-corrected chi connectivity index (χ2v) is 8.48. The highest BCUT2D eigenvalue weighted by Crippen LogP contribution is 2.34. The van der Waals surface area contributed by atoms with Crippen LogP contribution < -0.4 is 11.0 Å². The number of pyridine rings is 1. The van der Waals surface area contributed by atoms with Crippen LogP contribution in [0.4, 0.5) is 11.5 Å². The smallest absolute Gasteiger partial charge is 0.384 e. The maximum Gasteiger partial charge on any atom is 0.384 e. The molecule has 0 radical (unpaired) electrons.